The van der Waals surface area contributed by atoms with Crippen LogP contribution in [0.4, 0.5) is 5.69 Å². The molecule has 0 aromatic heterocycles. The number of alkyl halides is 3. The minimum absolute atomic E-state index is 0.466. The number of ether oxygens (including phenoxy) is 2. The lowest BCUT2D eigenvalue weighted by Gasteiger charge is -2.12. The zero-order chi connectivity index (χ0) is 14.3. The Kier molecular flexibility index (Phi) is 6.72. The molecule has 0 atom stereocenters. The summed E-state index contributed by atoms with van der Waals surface area (Å²) in [5.74, 6) is -0.0332. The summed E-state index contributed by atoms with van der Waals surface area (Å²) < 4.78 is 8.58. The van der Waals surface area contributed by atoms with Crippen molar-refractivity contribution in [1.82, 2.24) is 0 Å². The molecule has 106 valence electrons. The van der Waals surface area contributed by atoms with Gasteiger partial charge in [-0.1, -0.05) is 34.8 Å². The lowest BCUT2D eigenvalue weighted by Crippen LogP contribution is -2.26. The van der Waals surface area contributed by atoms with E-state index in [4.69, 9.17) is 44.3 Å². The second-order valence-electron chi connectivity index (χ2n) is 3.52. The summed E-state index contributed by atoms with van der Waals surface area (Å²) in [5, 5.41) is 2.47. The van der Waals surface area contributed by atoms with Gasteiger partial charge in [0.2, 0.25) is 0 Å². The van der Waals surface area contributed by atoms with Crippen LogP contribution in [-0.4, -0.2) is 29.5 Å². The second-order valence-corrected chi connectivity index (χ2v) is 5.80. The highest BCUT2D eigenvalue weighted by Gasteiger charge is 2.30. The van der Waals surface area contributed by atoms with Crippen LogP contribution in [0.2, 0.25) is 0 Å². The number of carbonyl (C=O) groups excluding carboxylic acids is 1. The van der Waals surface area contributed by atoms with Crippen molar-refractivity contribution in [3.05, 3.63) is 24.3 Å². The van der Waals surface area contributed by atoms with Crippen LogP contribution in [0.3, 0.4) is 0 Å². The largest absolute Gasteiger partial charge is 0.491 e. The third-order valence-electron chi connectivity index (χ3n) is 2.07. The Morgan fingerprint density at radius 3 is 2.37 bits per heavy atom. The molecule has 0 saturated carbocycles. The summed E-state index contributed by atoms with van der Waals surface area (Å²) in [5.41, 5.74) is 0.522. The van der Waals surface area contributed by atoms with Crippen LogP contribution in [-0.2, 0) is 9.53 Å². The Balaban J connectivity index is 2.45. The fourth-order valence-corrected chi connectivity index (χ4v) is 1.34. The number of halogens is 3. The number of rotatable bonds is 6. The molecule has 0 aliphatic rings. The van der Waals surface area contributed by atoms with E-state index in [9.17, 15) is 4.79 Å². The first kappa shape index (κ1) is 16.4. The van der Waals surface area contributed by atoms with Gasteiger partial charge in [0.15, 0.2) is 0 Å². The quantitative estimate of drug-likeness (QED) is 0.644. The number of nitrogens with one attached hydrogen (secondary N) is 1. The lowest BCUT2D eigenvalue weighted by molar-refractivity contribution is -0.115. The summed E-state index contributed by atoms with van der Waals surface area (Å²) in [6.45, 7) is 3.57. The zero-order valence-electron chi connectivity index (χ0n) is 10.3. The summed E-state index contributed by atoms with van der Waals surface area (Å²) in [7, 11) is 0. The van der Waals surface area contributed by atoms with Gasteiger partial charge < -0.3 is 14.8 Å². The Bertz CT molecular complexity index is 404. The smallest absolute Gasteiger partial charge is 0.276 e. The van der Waals surface area contributed by atoms with Crippen molar-refractivity contribution in [3.63, 3.8) is 0 Å². The van der Waals surface area contributed by atoms with Crippen molar-refractivity contribution in [3.8, 4) is 5.75 Å². The predicted molar refractivity (Wildman–Crippen MR) is 77.3 cm³/mol. The summed E-state index contributed by atoms with van der Waals surface area (Å²) in [6.07, 6.45) is 0. The zero-order valence-corrected chi connectivity index (χ0v) is 12.6. The first-order valence-electron chi connectivity index (χ1n) is 5.62. The molecule has 7 heteroatoms. The number of anilines is 1. The monoisotopic (exact) mass is 325 g/mol. The maximum atomic E-state index is 11.4. The van der Waals surface area contributed by atoms with Crippen LogP contribution < -0.4 is 10.1 Å². The number of hydrogen-bond acceptors (Lipinski definition) is 3. The molecule has 19 heavy (non-hydrogen) atoms. The minimum Gasteiger partial charge on any atom is -0.491 e. The average Bonchev–Trinajstić information content (AvgIpc) is 2.35. The van der Waals surface area contributed by atoms with E-state index in [-0.39, 0.29) is 0 Å². The molecule has 0 bridgehead atoms. The third kappa shape index (κ3) is 6.34. The Labute approximate surface area is 126 Å². The second kappa shape index (κ2) is 7.80. The number of hydrogen-bond donors (Lipinski definition) is 1. The van der Waals surface area contributed by atoms with Gasteiger partial charge in [-0.25, -0.2) is 0 Å². The number of amides is 1. The van der Waals surface area contributed by atoms with Crippen molar-refractivity contribution in [2.24, 2.45) is 0 Å². The highest BCUT2D eigenvalue weighted by molar-refractivity contribution is 6.76. The molecule has 4 nitrogen and oxygen atoms in total. The highest BCUT2D eigenvalue weighted by Crippen LogP contribution is 2.28. The van der Waals surface area contributed by atoms with Gasteiger partial charge in [0, 0.05) is 12.3 Å². The van der Waals surface area contributed by atoms with E-state index in [1.807, 2.05) is 6.92 Å². The fourth-order valence-electron chi connectivity index (χ4n) is 1.20. The first-order valence-corrected chi connectivity index (χ1v) is 6.75. The Morgan fingerprint density at radius 2 is 1.84 bits per heavy atom. The van der Waals surface area contributed by atoms with Crippen LogP contribution in [0.1, 0.15) is 6.92 Å². The molecule has 0 aliphatic carbocycles. The van der Waals surface area contributed by atoms with Crippen LogP contribution >= 0.6 is 34.8 Å². The van der Waals surface area contributed by atoms with Crippen LogP contribution in [0, 0.1) is 0 Å². The summed E-state index contributed by atoms with van der Waals surface area (Å²) in [4.78, 5) is 11.4. The number of benzene rings is 1. The van der Waals surface area contributed by atoms with Crippen molar-refractivity contribution in [2.75, 3.05) is 25.1 Å². The van der Waals surface area contributed by atoms with Crippen molar-refractivity contribution in [1.29, 1.82) is 0 Å². The molecule has 0 heterocycles. The Hall–Kier alpha value is -0.680. The van der Waals surface area contributed by atoms with Gasteiger partial charge >= 0.3 is 0 Å². The van der Waals surface area contributed by atoms with Crippen molar-refractivity contribution < 1.29 is 14.3 Å². The lowest BCUT2D eigenvalue weighted by atomic mass is 10.3. The number of carbonyl (C=O) groups is 1. The van der Waals surface area contributed by atoms with Gasteiger partial charge in [-0.05, 0) is 31.2 Å². The molecule has 0 unspecified atom stereocenters. The third-order valence-corrected chi connectivity index (χ3v) is 2.59. The molecular formula is C12H14Cl3NO3. The molecule has 1 amide bonds. The maximum Gasteiger partial charge on any atom is 0.276 e. The molecule has 1 N–H and O–H groups in total. The molecule has 1 aromatic carbocycles. The SMILES string of the molecule is CCOCCOc1ccc(NC(=O)C(Cl)(Cl)Cl)cc1. The van der Waals surface area contributed by atoms with Gasteiger partial charge in [-0.3, -0.25) is 4.79 Å². The van der Waals surface area contributed by atoms with E-state index in [2.05, 4.69) is 5.32 Å². The van der Waals surface area contributed by atoms with Gasteiger partial charge in [0.25, 0.3) is 9.70 Å². The van der Waals surface area contributed by atoms with E-state index in [1.54, 1.807) is 24.3 Å². The molecule has 1 aromatic rings. The van der Waals surface area contributed by atoms with E-state index < -0.39 is 9.70 Å². The van der Waals surface area contributed by atoms with E-state index >= 15 is 0 Å². The van der Waals surface area contributed by atoms with E-state index in [1.165, 1.54) is 0 Å². The minimum atomic E-state index is -1.98. The van der Waals surface area contributed by atoms with E-state index in [0.717, 1.165) is 0 Å². The molecule has 1 rings (SSSR count). The van der Waals surface area contributed by atoms with Gasteiger partial charge in [0.1, 0.15) is 12.4 Å². The van der Waals surface area contributed by atoms with Gasteiger partial charge in [-0.15, -0.1) is 0 Å². The summed E-state index contributed by atoms with van der Waals surface area (Å²) in [6, 6.07) is 6.73. The van der Waals surface area contributed by atoms with Gasteiger partial charge in [0.05, 0.1) is 6.61 Å². The normalized spacial score (nSPS) is 11.2. The molecule has 0 saturated heterocycles. The van der Waals surface area contributed by atoms with E-state index in [0.29, 0.717) is 31.3 Å². The van der Waals surface area contributed by atoms with Crippen molar-refractivity contribution >= 4 is 46.4 Å². The molecule has 0 aliphatic heterocycles. The standard InChI is InChI=1S/C12H14Cl3NO3/c1-2-18-7-8-19-10-5-3-9(4-6-10)16-11(17)12(13,14)15/h3-6H,2,7-8H2,1H3,(H,16,17). The summed E-state index contributed by atoms with van der Waals surface area (Å²) >= 11 is 16.3. The molecule has 0 spiro atoms. The van der Waals surface area contributed by atoms with Crippen LogP contribution in [0.25, 0.3) is 0 Å². The van der Waals surface area contributed by atoms with Gasteiger partial charge in [-0.2, -0.15) is 0 Å². The predicted octanol–water partition coefficient (Wildman–Crippen LogP) is 3.41. The van der Waals surface area contributed by atoms with Crippen LogP contribution in [0.5, 0.6) is 5.75 Å². The van der Waals surface area contributed by atoms with Crippen molar-refractivity contribution in [2.45, 2.75) is 10.7 Å². The molecule has 0 fully saturated rings. The average molecular weight is 327 g/mol. The topological polar surface area (TPSA) is 47.6 Å². The molecular weight excluding hydrogens is 312 g/mol. The van der Waals surface area contributed by atoms with Crippen LogP contribution in [0.15, 0.2) is 24.3 Å². The highest BCUT2D eigenvalue weighted by atomic mass is 35.6. The molecule has 0 radical (unpaired) electrons. The maximum absolute atomic E-state index is 11.4. The Morgan fingerprint density at radius 1 is 1.21 bits per heavy atom. The first-order chi connectivity index (χ1) is 8.93. The fraction of sp³-hybridized carbons (Fsp3) is 0.417.